The molecule has 38 heavy (non-hydrogen) atoms. The molecule has 3 aromatic rings. The molecule has 0 bridgehead atoms. The molecule has 0 radical (unpaired) electrons. The number of ether oxygens (including phenoxy) is 3. The van der Waals surface area contributed by atoms with Crippen molar-refractivity contribution < 1.29 is 23.8 Å². The van der Waals surface area contributed by atoms with Gasteiger partial charge in [0.05, 0.1) is 14.2 Å². The van der Waals surface area contributed by atoms with Crippen molar-refractivity contribution >= 4 is 11.8 Å². The standard InChI is InChI=1S/C31H38N2O5/c1-6-23(3)32-31(35)29(16-24-10-8-7-9-11-24)33(20-25-14-12-22(2)13-15-25)30(34)21-38-28-18-26(36-4)17-27(19-28)37-5/h7-15,17-19,23,29H,6,16,20-21H2,1-5H3,(H,32,35)/t23-,29+/m0/s1. The van der Waals surface area contributed by atoms with Gasteiger partial charge in [-0.25, -0.2) is 0 Å². The van der Waals surface area contributed by atoms with Crippen LogP contribution in [0.3, 0.4) is 0 Å². The van der Waals surface area contributed by atoms with Gasteiger partial charge in [0, 0.05) is 37.2 Å². The molecule has 7 heteroatoms. The summed E-state index contributed by atoms with van der Waals surface area (Å²) in [5, 5.41) is 3.08. The molecule has 202 valence electrons. The van der Waals surface area contributed by atoms with E-state index in [9.17, 15) is 9.59 Å². The molecule has 0 heterocycles. The zero-order valence-corrected chi connectivity index (χ0v) is 22.9. The highest BCUT2D eigenvalue weighted by molar-refractivity contribution is 5.88. The molecule has 1 N–H and O–H groups in total. The third kappa shape index (κ3) is 8.26. The third-order valence-corrected chi connectivity index (χ3v) is 6.43. The lowest BCUT2D eigenvalue weighted by atomic mass is 10.0. The van der Waals surface area contributed by atoms with E-state index in [2.05, 4.69) is 5.32 Å². The summed E-state index contributed by atoms with van der Waals surface area (Å²) in [5.41, 5.74) is 3.02. The highest BCUT2D eigenvalue weighted by Crippen LogP contribution is 2.27. The van der Waals surface area contributed by atoms with Gasteiger partial charge in [0.2, 0.25) is 5.91 Å². The van der Waals surface area contributed by atoms with E-state index < -0.39 is 6.04 Å². The fraction of sp³-hybridized carbons (Fsp3) is 0.355. The van der Waals surface area contributed by atoms with Crippen molar-refractivity contribution in [3.05, 3.63) is 89.5 Å². The summed E-state index contributed by atoms with van der Waals surface area (Å²) in [4.78, 5) is 28.9. The summed E-state index contributed by atoms with van der Waals surface area (Å²) >= 11 is 0. The fourth-order valence-electron chi connectivity index (χ4n) is 3.98. The quantitative estimate of drug-likeness (QED) is 0.347. The van der Waals surface area contributed by atoms with E-state index in [0.29, 0.717) is 23.7 Å². The van der Waals surface area contributed by atoms with Crippen molar-refractivity contribution in [2.75, 3.05) is 20.8 Å². The number of nitrogens with one attached hydrogen (secondary N) is 1. The molecular formula is C31H38N2O5. The summed E-state index contributed by atoms with van der Waals surface area (Å²) in [6.45, 7) is 6.02. The lowest BCUT2D eigenvalue weighted by molar-refractivity contribution is -0.143. The predicted octanol–water partition coefficient (Wildman–Crippen LogP) is 4.95. The minimum absolute atomic E-state index is 0.0161. The Kier molecular flexibility index (Phi) is 10.6. The molecule has 0 aliphatic rings. The average Bonchev–Trinajstić information content (AvgIpc) is 2.94. The molecule has 0 aliphatic heterocycles. The number of hydrogen-bond donors (Lipinski definition) is 1. The number of hydrogen-bond acceptors (Lipinski definition) is 5. The molecule has 3 rings (SSSR count). The van der Waals surface area contributed by atoms with Crippen LogP contribution in [0.25, 0.3) is 0 Å². The van der Waals surface area contributed by atoms with Gasteiger partial charge in [0.15, 0.2) is 6.61 Å². The SMILES string of the molecule is CC[C@H](C)NC(=O)[C@@H](Cc1ccccc1)N(Cc1ccc(C)cc1)C(=O)COc1cc(OC)cc(OC)c1. The number of benzene rings is 3. The molecular weight excluding hydrogens is 480 g/mol. The topological polar surface area (TPSA) is 77.1 Å². The number of amides is 2. The number of carbonyl (C=O) groups is 2. The van der Waals surface area contributed by atoms with Crippen LogP contribution in [0.2, 0.25) is 0 Å². The molecule has 2 amide bonds. The van der Waals surface area contributed by atoms with Gasteiger partial charge < -0.3 is 24.4 Å². The second kappa shape index (κ2) is 14.1. The Morgan fingerprint density at radius 3 is 2.05 bits per heavy atom. The number of aryl methyl sites for hydroxylation is 1. The summed E-state index contributed by atoms with van der Waals surface area (Å²) < 4.78 is 16.5. The van der Waals surface area contributed by atoms with Gasteiger partial charge in [0.1, 0.15) is 23.3 Å². The minimum atomic E-state index is -0.719. The van der Waals surface area contributed by atoms with Gasteiger partial charge in [-0.05, 0) is 31.4 Å². The Labute approximate surface area is 225 Å². The minimum Gasteiger partial charge on any atom is -0.496 e. The van der Waals surface area contributed by atoms with Crippen molar-refractivity contribution in [2.45, 2.75) is 52.2 Å². The second-order valence-corrected chi connectivity index (χ2v) is 9.37. The van der Waals surface area contributed by atoms with Crippen LogP contribution in [-0.2, 0) is 22.6 Å². The van der Waals surface area contributed by atoms with E-state index in [1.807, 2.05) is 75.4 Å². The third-order valence-electron chi connectivity index (χ3n) is 6.43. The molecule has 0 unspecified atom stereocenters. The van der Waals surface area contributed by atoms with Gasteiger partial charge in [-0.2, -0.15) is 0 Å². The van der Waals surface area contributed by atoms with Crippen LogP contribution < -0.4 is 19.5 Å². The van der Waals surface area contributed by atoms with E-state index in [4.69, 9.17) is 14.2 Å². The second-order valence-electron chi connectivity index (χ2n) is 9.37. The molecule has 7 nitrogen and oxygen atoms in total. The average molecular weight is 519 g/mol. The Hall–Kier alpha value is -4.00. The van der Waals surface area contributed by atoms with E-state index in [1.54, 1.807) is 37.3 Å². The Bertz CT molecular complexity index is 1160. The smallest absolute Gasteiger partial charge is 0.261 e. The first kappa shape index (κ1) is 28.6. The van der Waals surface area contributed by atoms with Gasteiger partial charge in [-0.3, -0.25) is 9.59 Å². The summed E-state index contributed by atoms with van der Waals surface area (Å²) in [6.07, 6.45) is 1.17. The normalized spacial score (nSPS) is 12.2. The first-order chi connectivity index (χ1) is 18.3. The van der Waals surface area contributed by atoms with E-state index in [0.717, 1.165) is 23.1 Å². The van der Waals surface area contributed by atoms with Gasteiger partial charge in [-0.15, -0.1) is 0 Å². The van der Waals surface area contributed by atoms with E-state index in [1.165, 1.54) is 0 Å². The maximum atomic E-state index is 13.7. The fourth-order valence-corrected chi connectivity index (χ4v) is 3.98. The first-order valence-electron chi connectivity index (χ1n) is 12.9. The lowest BCUT2D eigenvalue weighted by Crippen LogP contribution is -2.53. The molecule has 2 atom stereocenters. The molecule has 0 fully saturated rings. The largest absolute Gasteiger partial charge is 0.496 e. The van der Waals surface area contributed by atoms with Crippen LogP contribution in [-0.4, -0.2) is 49.6 Å². The summed E-state index contributed by atoms with van der Waals surface area (Å²) in [6, 6.07) is 22.1. The van der Waals surface area contributed by atoms with Crippen LogP contribution in [0.1, 0.15) is 37.0 Å². The van der Waals surface area contributed by atoms with Crippen LogP contribution in [0.4, 0.5) is 0 Å². The van der Waals surface area contributed by atoms with Gasteiger partial charge in [-0.1, -0.05) is 67.1 Å². The van der Waals surface area contributed by atoms with Crippen LogP contribution >= 0.6 is 0 Å². The molecule has 0 spiro atoms. The van der Waals surface area contributed by atoms with Crippen molar-refractivity contribution in [2.24, 2.45) is 0 Å². The van der Waals surface area contributed by atoms with Crippen molar-refractivity contribution in [1.82, 2.24) is 10.2 Å². The number of carbonyl (C=O) groups excluding carboxylic acids is 2. The molecule has 0 saturated heterocycles. The van der Waals surface area contributed by atoms with E-state index >= 15 is 0 Å². The van der Waals surface area contributed by atoms with Crippen LogP contribution in [0.5, 0.6) is 17.2 Å². The number of rotatable bonds is 13. The lowest BCUT2D eigenvalue weighted by Gasteiger charge is -2.32. The number of nitrogens with zero attached hydrogens (tertiary/aromatic N) is 1. The zero-order chi connectivity index (χ0) is 27.5. The molecule has 3 aromatic carbocycles. The molecule has 0 aliphatic carbocycles. The summed E-state index contributed by atoms with van der Waals surface area (Å²) in [7, 11) is 3.11. The summed E-state index contributed by atoms with van der Waals surface area (Å²) in [5.74, 6) is 1.06. The van der Waals surface area contributed by atoms with Gasteiger partial charge in [0.25, 0.3) is 5.91 Å². The maximum absolute atomic E-state index is 13.7. The van der Waals surface area contributed by atoms with Crippen LogP contribution in [0.15, 0.2) is 72.8 Å². The predicted molar refractivity (Wildman–Crippen MR) is 149 cm³/mol. The Balaban J connectivity index is 1.92. The first-order valence-corrected chi connectivity index (χ1v) is 12.9. The van der Waals surface area contributed by atoms with Crippen molar-refractivity contribution in [1.29, 1.82) is 0 Å². The highest BCUT2D eigenvalue weighted by atomic mass is 16.5. The Morgan fingerprint density at radius 2 is 1.47 bits per heavy atom. The van der Waals surface area contributed by atoms with Crippen molar-refractivity contribution in [3.63, 3.8) is 0 Å². The van der Waals surface area contributed by atoms with Crippen molar-refractivity contribution in [3.8, 4) is 17.2 Å². The number of methoxy groups -OCH3 is 2. The monoisotopic (exact) mass is 518 g/mol. The molecule has 0 aromatic heterocycles. The Morgan fingerprint density at radius 1 is 0.868 bits per heavy atom. The highest BCUT2D eigenvalue weighted by Gasteiger charge is 2.31. The van der Waals surface area contributed by atoms with Gasteiger partial charge >= 0.3 is 0 Å². The van der Waals surface area contributed by atoms with E-state index in [-0.39, 0.29) is 31.0 Å². The molecule has 0 saturated carbocycles. The van der Waals surface area contributed by atoms with Crippen LogP contribution in [0, 0.1) is 6.92 Å². The zero-order valence-electron chi connectivity index (χ0n) is 22.9. The maximum Gasteiger partial charge on any atom is 0.261 e.